The van der Waals surface area contributed by atoms with Gasteiger partial charge in [0.05, 0.1) is 5.02 Å². The van der Waals surface area contributed by atoms with Crippen molar-refractivity contribution in [3.8, 4) is 5.75 Å². The van der Waals surface area contributed by atoms with E-state index in [0.29, 0.717) is 48.4 Å². The third-order valence-electron chi connectivity index (χ3n) is 5.69. The zero-order valence-electron chi connectivity index (χ0n) is 20.9. The van der Waals surface area contributed by atoms with Gasteiger partial charge in [-0.25, -0.2) is 0 Å². The highest BCUT2D eigenvalue weighted by Crippen LogP contribution is 2.23. The molecule has 196 valence electrons. The van der Waals surface area contributed by atoms with Crippen molar-refractivity contribution >= 4 is 35.0 Å². The second-order valence-corrected chi connectivity index (χ2v) is 9.26. The van der Waals surface area contributed by atoms with E-state index in [1.165, 1.54) is 0 Å². The molecular formula is C29H32Cl2N2O4. The number of carbonyl (C=O) groups is 2. The first kappa shape index (κ1) is 28.5. The van der Waals surface area contributed by atoms with E-state index in [1.54, 1.807) is 41.3 Å². The minimum atomic E-state index is -0.757. The van der Waals surface area contributed by atoms with Crippen LogP contribution in [0, 0.1) is 0 Å². The van der Waals surface area contributed by atoms with Crippen LogP contribution in [0.3, 0.4) is 0 Å². The summed E-state index contributed by atoms with van der Waals surface area (Å²) >= 11 is 12.3. The van der Waals surface area contributed by atoms with Crippen molar-refractivity contribution in [2.75, 3.05) is 26.4 Å². The van der Waals surface area contributed by atoms with Crippen molar-refractivity contribution in [2.24, 2.45) is 0 Å². The van der Waals surface area contributed by atoms with E-state index in [2.05, 4.69) is 5.32 Å². The summed E-state index contributed by atoms with van der Waals surface area (Å²) in [5, 5.41) is 3.98. The van der Waals surface area contributed by atoms with Gasteiger partial charge in [0.1, 0.15) is 11.8 Å². The van der Waals surface area contributed by atoms with Crippen LogP contribution in [0.2, 0.25) is 10.0 Å². The van der Waals surface area contributed by atoms with Crippen LogP contribution < -0.4 is 10.1 Å². The van der Waals surface area contributed by atoms with E-state index in [4.69, 9.17) is 32.7 Å². The van der Waals surface area contributed by atoms with Gasteiger partial charge in [0, 0.05) is 37.7 Å². The van der Waals surface area contributed by atoms with Crippen LogP contribution in [0.25, 0.3) is 0 Å². The summed E-state index contributed by atoms with van der Waals surface area (Å²) in [7, 11) is 0. The summed E-state index contributed by atoms with van der Waals surface area (Å²) < 4.78 is 11.1. The standard InChI is InChI=1S/C29H32Cl2N2O4/c1-2-36-18-8-17-32-29(35)26(19-22-9-4-3-5-10-22)33(20-23-13-15-24(30)16-14-23)28(34)21-37-27-12-7-6-11-25(27)31/h3-7,9-16,26H,2,8,17-21H2,1H3,(H,32,35). The Morgan fingerprint density at radius 2 is 1.62 bits per heavy atom. The summed E-state index contributed by atoms with van der Waals surface area (Å²) in [5.74, 6) is -0.162. The molecule has 0 saturated carbocycles. The Labute approximate surface area is 228 Å². The second-order valence-electron chi connectivity index (χ2n) is 8.41. The first-order valence-electron chi connectivity index (χ1n) is 12.3. The third kappa shape index (κ3) is 9.39. The van der Waals surface area contributed by atoms with Crippen molar-refractivity contribution in [2.45, 2.75) is 32.4 Å². The molecule has 1 atom stereocenters. The monoisotopic (exact) mass is 542 g/mol. The molecule has 0 radical (unpaired) electrons. The van der Waals surface area contributed by atoms with Gasteiger partial charge < -0.3 is 19.7 Å². The van der Waals surface area contributed by atoms with Crippen molar-refractivity contribution in [3.05, 3.63) is 100 Å². The number of rotatable bonds is 14. The number of halogens is 2. The summed E-state index contributed by atoms with van der Waals surface area (Å²) in [5.41, 5.74) is 1.79. The largest absolute Gasteiger partial charge is 0.482 e. The molecular weight excluding hydrogens is 511 g/mol. The number of carbonyl (C=O) groups excluding carboxylic acids is 2. The van der Waals surface area contributed by atoms with Gasteiger partial charge in [0.25, 0.3) is 5.91 Å². The van der Waals surface area contributed by atoms with E-state index in [0.717, 1.165) is 11.1 Å². The van der Waals surface area contributed by atoms with E-state index in [1.807, 2.05) is 49.4 Å². The second kappa shape index (κ2) is 15.3. The topological polar surface area (TPSA) is 67.9 Å². The molecule has 3 rings (SSSR count). The van der Waals surface area contributed by atoms with Crippen LogP contribution in [-0.4, -0.2) is 49.1 Å². The van der Waals surface area contributed by atoms with Crippen LogP contribution in [0.4, 0.5) is 0 Å². The Morgan fingerprint density at radius 1 is 0.919 bits per heavy atom. The van der Waals surface area contributed by atoms with E-state index >= 15 is 0 Å². The molecule has 1 unspecified atom stereocenters. The minimum absolute atomic E-state index is 0.214. The minimum Gasteiger partial charge on any atom is -0.482 e. The van der Waals surface area contributed by atoms with Gasteiger partial charge in [-0.05, 0) is 48.7 Å². The highest BCUT2D eigenvalue weighted by molar-refractivity contribution is 6.32. The quantitative estimate of drug-likeness (QED) is 0.271. The van der Waals surface area contributed by atoms with E-state index < -0.39 is 6.04 Å². The van der Waals surface area contributed by atoms with E-state index in [9.17, 15) is 9.59 Å². The average Bonchev–Trinajstić information content (AvgIpc) is 2.91. The van der Waals surface area contributed by atoms with E-state index in [-0.39, 0.29) is 25.0 Å². The summed E-state index contributed by atoms with van der Waals surface area (Å²) in [4.78, 5) is 28.6. The molecule has 37 heavy (non-hydrogen) atoms. The van der Waals surface area contributed by atoms with Gasteiger partial charge in [0.15, 0.2) is 6.61 Å². The van der Waals surface area contributed by atoms with Crippen LogP contribution in [0.15, 0.2) is 78.9 Å². The van der Waals surface area contributed by atoms with Gasteiger partial charge in [-0.1, -0.05) is 77.8 Å². The summed E-state index contributed by atoms with van der Waals surface area (Å²) in [6.07, 6.45) is 1.03. The van der Waals surface area contributed by atoms with Crippen LogP contribution in [-0.2, 0) is 27.3 Å². The highest BCUT2D eigenvalue weighted by atomic mass is 35.5. The highest BCUT2D eigenvalue weighted by Gasteiger charge is 2.30. The number of hydrogen-bond donors (Lipinski definition) is 1. The Morgan fingerprint density at radius 3 is 2.32 bits per heavy atom. The number of nitrogens with one attached hydrogen (secondary N) is 1. The van der Waals surface area contributed by atoms with Crippen molar-refractivity contribution < 1.29 is 19.1 Å². The first-order chi connectivity index (χ1) is 18.0. The molecule has 0 aliphatic carbocycles. The number of ether oxygens (including phenoxy) is 2. The smallest absolute Gasteiger partial charge is 0.261 e. The van der Waals surface area contributed by atoms with Gasteiger partial charge in [-0.15, -0.1) is 0 Å². The first-order valence-corrected chi connectivity index (χ1v) is 13.0. The maximum atomic E-state index is 13.6. The number of para-hydroxylation sites is 1. The average molecular weight is 543 g/mol. The lowest BCUT2D eigenvalue weighted by molar-refractivity contribution is -0.142. The van der Waals surface area contributed by atoms with Gasteiger partial charge in [0.2, 0.25) is 5.91 Å². The molecule has 3 aromatic rings. The fourth-order valence-corrected chi connectivity index (χ4v) is 4.09. The number of amides is 2. The van der Waals surface area contributed by atoms with Gasteiger partial charge in [-0.2, -0.15) is 0 Å². The molecule has 0 fully saturated rings. The normalized spacial score (nSPS) is 11.5. The predicted octanol–water partition coefficient (Wildman–Crippen LogP) is 5.56. The van der Waals surface area contributed by atoms with Gasteiger partial charge in [-0.3, -0.25) is 9.59 Å². The summed E-state index contributed by atoms with van der Waals surface area (Å²) in [6, 6.07) is 23.1. The number of nitrogens with zero attached hydrogens (tertiary/aromatic N) is 1. The number of hydrogen-bond acceptors (Lipinski definition) is 4. The lowest BCUT2D eigenvalue weighted by Crippen LogP contribution is -2.52. The Balaban J connectivity index is 1.85. The zero-order valence-corrected chi connectivity index (χ0v) is 22.4. The van der Waals surface area contributed by atoms with Crippen LogP contribution >= 0.6 is 23.2 Å². The van der Waals surface area contributed by atoms with Gasteiger partial charge >= 0.3 is 0 Å². The van der Waals surface area contributed by atoms with Crippen molar-refractivity contribution in [3.63, 3.8) is 0 Å². The Kier molecular flexibility index (Phi) is 11.8. The third-order valence-corrected chi connectivity index (χ3v) is 6.26. The van der Waals surface area contributed by atoms with Crippen LogP contribution in [0.5, 0.6) is 5.75 Å². The maximum Gasteiger partial charge on any atom is 0.261 e. The molecule has 0 heterocycles. The fraction of sp³-hybridized carbons (Fsp3) is 0.310. The summed E-state index contributed by atoms with van der Waals surface area (Å²) in [6.45, 7) is 3.51. The molecule has 0 aromatic heterocycles. The number of benzene rings is 3. The Bertz CT molecular complexity index is 1130. The molecule has 2 amide bonds. The fourth-order valence-electron chi connectivity index (χ4n) is 3.77. The lowest BCUT2D eigenvalue weighted by Gasteiger charge is -2.31. The Hall–Kier alpha value is -3.06. The molecule has 8 heteroatoms. The van der Waals surface area contributed by atoms with Crippen molar-refractivity contribution in [1.29, 1.82) is 0 Å². The molecule has 0 bridgehead atoms. The molecule has 0 spiro atoms. The molecule has 6 nitrogen and oxygen atoms in total. The molecule has 3 aromatic carbocycles. The zero-order chi connectivity index (χ0) is 26.5. The maximum absolute atomic E-state index is 13.6. The predicted molar refractivity (Wildman–Crippen MR) is 147 cm³/mol. The van der Waals surface area contributed by atoms with Crippen LogP contribution in [0.1, 0.15) is 24.5 Å². The lowest BCUT2D eigenvalue weighted by atomic mass is 10.0. The molecule has 0 aliphatic heterocycles. The molecule has 1 N–H and O–H groups in total. The molecule has 0 aliphatic rings. The SMILES string of the molecule is CCOCCCNC(=O)C(Cc1ccccc1)N(Cc1ccc(Cl)cc1)C(=O)COc1ccccc1Cl. The molecule has 0 saturated heterocycles. The van der Waals surface area contributed by atoms with Crippen molar-refractivity contribution in [1.82, 2.24) is 10.2 Å².